The molecule has 98 valence electrons. The molecule has 1 aliphatic rings. The minimum absolute atomic E-state index is 0.157. The third kappa shape index (κ3) is 3.72. The second kappa shape index (κ2) is 5.85. The van der Waals surface area contributed by atoms with E-state index in [0.29, 0.717) is 12.1 Å². The monoisotopic (exact) mass is 249 g/mol. The van der Waals surface area contributed by atoms with Crippen molar-refractivity contribution in [2.75, 3.05) is 13.6 Å². The van der Waals surface area contributed by atoms with Crippen LogP contribution in [0, 0.1) is 18.7 Å². The molecule has 0 unspecified atom stereocenters. The summed E-state index contributed by atoms with van der Waals surface area (Å²) < 4.78 is 13.4. The molecule has 1 fully saturated rings. The average Bonchev–Trinajstić information content (AvgIpc) is 3.18. The molecule has 2 rings (SSSR count). The zero-order chi connectivity index (χ0) is 13.0. The highest BCUT2D eigenvalue weighted by Gasteiger charge is 2.20. The minimum Gasteiger partial charge on any atom is -0.356 e. The molecule has 2 N–H and O–H groups in total. The van der Waals surface area contributed by atoms with E-state index in [1.807, 2.05) is 6.07 Å². The highest BCUT2D eigenvalue weighted by Crippen LogP contribution is 2.27. The van der Waals surface area contributed by atoms with Crippen molar-refractivity contribution in [2.45, 2.75) is 26.3 Å². The van der Waals surface area contributed by atoms with E-state index < -0.39 is 0 Å². The molecule has 0 atom stereocenters. The van der Waals surface area contributed by atoms with Gasteiger partial charge in [0.1, 0.15) is 5.82 Å². The summed E-state index contributed by atoms with van der Waals surface area (Å²) in [6, 6.07) is 5.29. The van der Waals surface area contributed by atoms with Crippen LogP contribution in [0.25, 0.3) is 0 Å². The van der Waals surface area contributed by atoms with Crippen molar-refractivity contribution in [3.05, 3.63) is 35.1 Å². The molecule has 0 radical (unpaired) electrons. The maximum absolute atomic E-state index is 13.4. The Morgan fingerprint density at radius 2 is 2.17 bits per heavy atom. The second-order valence-corrected chi connectivity index (χ2v) is 4.83. The Bertz CT molecular complexity index is 439. The van der Waals surface area contributed by atoms with Gasteiger partial charge in [0, 0.05) is 20.1 Å². The Labute approximate surface area is 108 Å². The lowest BCUT2D eigenvalue weighted by molar-refractivity contribution is 0.615. The van der Waals surface area contributed by atoms with E-state index in [1.165, 1.54) is 12.8 Å². The Balaban J connectivity index is 1.82. The first-order valence-electron chi connectivity index (χ1n) is 6.38. The lowest BCUT2D eigenvalue weighted by atomic mass is 10.1. The van der Waals surface area contributed by atoms with Gasteiger partial charge in [-0.3, -0.25) is 4.99 Å². The Hall–Kier alpha value is -1.58. The standard InChI is InChI=1S/C14H20FN3/c1-10-3-4-12(7-13(10)15)9-18-14(16-2)17-8-11-5-6-11/h3-4,7,11H,5-6,8-9H2,1-2H3,(H2,16,17,18). The second-order valence-electron chi connectivity index (χ2n) is 4.83. The summed E-state index contributed by atoms with van der Waals surface area (Å²) in [6.45, 7) is 3.33. The van der Waals surface area contributed by atoms with Gasteiger partial charge in [0.15, 0.2) is 5.96 Å². The van der Waals surface area contributed by atoms with Gasteiger partial charge in [-0.15, -0.1) is 0 Å². The van der Waals surface area contributed by atoms with Crippen molar-refractivity contribution in [3.63, 3.8) is 0 Å². The number of aryl methyl sites for hydroxylation is 1. The molecular weight excluding hydrogens is 229 g/mol. The molecule has 0 aliphatic heterocycles. The van der Waals surface area contributed by atoms with Gasteiger partial charge in [-0.1, -0.05) is 12.1 Å². The maximum Gasteiger partial charge on any atom is 0.191 e. The van der Waals surface area contributed by atoms with Crippen molar-refractivity contribution in [2.24, 2.45) is 10.9 Å². The third-order valence-electron chi connectivity index (χ3n) is 3.17. The van der Waals surface area contributed by atoms with Crippen LogP contribution in [0.5, 0.6) is 0 Å². The van der Waals surface area contributed by atoms with Crippen molar-refractivity contribution < 1.29 is 4.39 Å². The Morgan fingerprint density at radius 1 is 1.39 bits per heavy atom. The van der Waals surface area contributed by atoms with Gasteiger partial charge < -0.3 is 10.6 Å². The zero-order valence-electron chi connectivity index (χ0n) is 11.0. The molecule has 0 heterocycles. The van der Waals surface area contributed by atoms with Crippen molar-refractivity contribution in [1.29, 1.82) is 0 Å². The van der Waals surface area contributed by atoms with E-state index in [2.05, 4.69) is 15.6 Å². The van der Waals surface area contributed by atoms with E-state index >= 15 is 0 Å². The number of halogens is 1. The molecule has 1 saturated carbocycles. The molecule has 0 saturated heterocycles. The van der Waals surface area contributed by atoms with Gasteiger partial charge in [0.05, 0.1) is 0 Å². The molecule has 1 aromatic carbocycles. The molecule has 0 spiro atoms. The van der Waals surface area contributed by atoms with Crippen LogP contribution in [0.15, 0.2) is 23.2 Å². The first-order chi connectivity index (χ1) is 8.69. The number of benzene rings is 1. The average molecular weight is 249 g/mol. The largest absolute Gasteiger partial charge is 0.356 e. The molecule has 3 nitrogen and oxygen atoms in total. The van der Waals surface area contributed by atoms with Gasteiger partial charge in [0.25, 0.3) is 0 Å². The first-order valence-corrected chi connectivity index (χ1v) is 6.38. The van der Waals surface area contributed by atoms with Crippen molar-refractivity contribution in [1.82, 2.24) is 10.6 Å². The van der Waals surface area contributed by atoms with Crippen LogP contribution in [0.4, 0.5) is 4.39 Å². The summed E-state index contributed by atoms with van der Waals surface area (Å²) in [5.41, 5.74) is 1.60. The molecule has 1 aromatic rings. The van der Waals surface area contributed by atoms with E-state index in [9.17, 15) is 4.39 Å². The van der Waals surface area contributed by atoms with Gasteiger partial charge >= 0.3 is 0 Å². The van der Waals surface area contributed by atoms with Crippen LogP contribution >= 0.6 is 0 Å². The van der Waals surface area contributed by atoms with Crippen LogP contribution in [0.2, 0.25) is 0 Å². The maximum atomic E-state index is 13.4. The van der Waals surface area contributed by atoms with Gasteiger partial charge in [-0.05, 0) is 42.9 Å². The van der Waals surface area contributed by atoms with E-state index in [1.54, 1.807) is 26.1 Å². The van der Waals surface area contributed by atoms with Gasteiger partial charge in [0.2, 0.25) is 0 Å². The van der Waals surface area contributed by atoms with Crippen LogP contribution in [0.1, 0.15) is 24.0 Å². The zero-order valence-corrected chi connectivity index (χ0v) is 11.0. The summed E-state index contributed by atoms with van der Waals surface area (Å²) in [4.78, 5) is 4.14. The third-order valence-corrected chi connectivity index (χ3v) is 3.17. The van der Waals surface area contributed by atoms with Gasteiger partial charge in [-0.25, -0.2) is 4.39 Å². The summed E-state index contributed by atoms with van der Waals surface area (Å²) in [7, 11) is 1.75. The number of nitrogens with one attached hydrogen (secondary N) is 2. The Kier molecular flexibility index (Phi) is 4.18. The topological polar surface area (TPSA) is 36.4 Å². The van der Waals surface area contributed by atoms with E-state index in [0.717, 1.165) is 24.0 Å². The molecule has 0 amide bonds. The SMILES string of the molecule is CN=C(NCc1ccc(C)c(F)c1)NCC1CC1. The van der Waals surface area contributed by atoms with Crippen molar-refractivity contribution >= 4 is 5.96 Å². The number of nitrogens with zero attached hydrogens (tertiary/aromatic N) is 1. The summed E-state index contributed by atoms with van der Waals surface area (Å²) in [5.74, 6) is 1.43. The van der Waals surface area contributed by atoms with Gasteiger partial charge in [-0.2, -0.15) is 0 Å². The van der Waals surface area contributed by atoms with E-state index in [-0.39, 0.29) is 5.82 Å². The highest BCUT2D eigenvalue weighted by atomic mass is 19.1. The number of aliphatic imine (C=N–C) groups is 1. The molecule has 4 heteroatoms. The quantitative estimate of drug-likeness (QED) is 0.634. The number of hydrogen-bond acceptors (Lipinski definition) is 1. The normalized spacial score (nSPS) is 15.6. The van der Waals surface area contributed by atoms with Crippen LogP contribution in [-0.4, -0.2) is 19.6 Å². The fourth-order valence-corrected chi connectivity index (χ4v) is 1.72. The van der Waals surface area contributed by atoms with Crippen LogP contribution < -0.4 is 10.6 Å². The van der Waals surface area contributed by atoms with Crippen LogP contribution in [0.3, 0.4) is 0 Å². The minimum atomic E-state index is -0.157. The predicted molar refractivity (Wildman–Crippen MR) is 72.1 cm³/mol. The van der Waals surface area contributed by atoms with Crippen molar-refractivity contribution in [3.8, 4) is 0 Å². The fourth-order valence-electron chi connectivity index (χ4n) is 1.72. The summed E-state index contributed by atoms with van der Waals surface area (Å²) in [5, 5.41) is 6.46. The highest BCUT2D eigenvalue weighted by molar-refractivity contribution is 5.79. The summed E-state index contributed by atoms with van der Waals surface area (Å²) in [6.07, 6.45) is 2.63. The number of rotatable bonds is 4. The lowest BCUT2D eigenvalue weighted by Crippen LogP contribution is -2.37. The first kappa shape index (κ1) is 12.9. The summed E-state index contributed by atoms with van der Waals surface area (Å²) >= 11 is 0. The fraction of sp³-hybridized carbons (Fsp3) is 0.500. The molecular formula is C14H20FN3. The van der Waals surface area contributed by atoms with Crippen LogP contribution in [-0.2, 0) is 6.54 Å². The molecule has 18 heavy (non-hydrogen) atoms. The lowest BCUT2D eigenvalue weighted by Gasteiger charge is -2.11. The smallest absolute Gasteiger partial charge is 0.191 e. The number of hydrogen-bond donors (Lipinski definition) is 2. The number of guanidine groups is 1. The Morgan fingerprint density at radius 3 is 2.78 bits per heavy atom. The predicted octanol–water partition coefficient (Wildman–Crippen LogP) is 2.21. The van der Waals surface area contributed by atoms with E-state index in [4.69, 9.17) is 0 Å². The molecule has 1 aliphatic carbocycles. The molecule has 0 aromatic heterocycles. The molecule has 0 bridgehead atoms.